The molecule has 54 valence electrons. The van der Waals surface area contributed by atoms with Crippen LogP contribution in [0.1, 0.15) is 39.4 Å². The summed E-state index contributed by atoms with van der Waals surface area (Å²) in [5, 5.41) is 1.33. The van der Waals surface area contributed by atoms with Gasteiger partial charge >= 0.3 is 0 Å². The fraction of sp³-hybridized carbons (Fsp3) is 0.625. The first kappa shape index (κ1) is 4.50. The molecule has 1 saturated carbocycles. The standard InChI is InChI=1S/C8H11NS/c1-2-4-7(3-1)8-9-5-6-10-8/h5-7H,1-4H2/i5D,6D. The number of hydrogen-bond acceptors (Lipinski definition) is 2. The number of hydrogen-bond donors (Lipinski definition) is 0. The van der Waals surface area contributed by atoms with E-state index in [-0.39, 0.29) is 6.17 Å². The van der Waals surface area contributed by atoms with Gasteiger partial charge in [0.15, 0.2) is 0 Å². The van der Waals surface area contributed by atoms with Crippen LogP contribution in [0, 0.1) is 0 Å². The highest BCUT2D eigenvalue weighted by Gasteiger charge is 2.18. The van der Waals surface area contributed by atoms with E-state index in [0.717, 1.165) is 5.01 Å². The Bertz CT molecular complexity index is 259. The predicted octanol–water partition coefficient (Wildman–Crippen LogP) is 2.80. The van der Waals surface area contributed by atoms with E-state index in [1.54, 1.807) is 0 Å². The van der Waals surface area contributed by atoms with Gasteiger partial charge < -0.3 is 0 Å². The van der Waals surface area contributed by atoms with Gasteiger partial charge in [-0.2, -0.15) is 0 Å². The van der Waals surface area contributed by atoms with Gasteiger partial charge in [-0.05, 0) is 12.8 Å². The van der Waals surface area contributed by atoms with Gasteiger partial charge in [0.1, 0.15) is 0 Å². The first-order valence-electron chi connectivity index (χ1n) is 4.71. The molecule has 1 aromatic rings. The van der Waals surface area contributed by atoms with E-state index in [1.165, 1.54) is 37.0 Å². The van der Waals surface area contributed by atoms with E-state index in [4.69, 9.17) is 2.74 Å². The zero-order valence-electron chi connectivity index (χ0n) is 7.76. The van der Waals surface area contributed by atoms with Crippen LogP contribution in [0.25, 0.3) is 0 Å². The summed E-state index contributed by atoms with van der Waals surface area (Å²) >= 11 is 1.38. The molecule has 10 heavy (non-hydrogen) atoms. The fourth-order valence-corrected chi connectivity index (χ4v) is 2.21. The van der Waals surface area contributed by atoms with Crippen LogP contribution < -0.4 is 0 Å². The molecular weight excluding hydrogens is 142 g/mol. The molecule has 2 heteroatoms. The molecule has 0 radical (unpaired) electrons. The average Bonchev–Trinajstić information content (AvgIpc) is 2.61. The summed E-state index contributed by atoms with van der Waals surface area (Å²) in [6, 6.07) is 0. The summed E-state index contributed by atoms with van der Waals surface area (Å²) in [7, 11) is 0. The maximum atomic E-state index is 7.37. The van der Waals surface area contributed by atoms with E-state index in [1.807, 2.05) is 0 Å². The van der Waals surface area contributed by atoms with Crippen LogP contribution in [-0.2, 0) is 0 Å². The molecule has 1 aliphatic carbocycles. The van der Waals surface area contributed by atoms with E-state index >= 15 is 0 Å². The Balaban J connectivity index is 2.21. The molecule has 0 aliphatic heterocycles. The van der Waals surface area contributed by atoms with E-state index in [9.17, 15) is 0 Å². The van der Waals surface area contributed by atoms with Gasteiger partial charge in [-0.15, -0.1) is 11.3 Å². The quantitative estimate of drug-likeness (QED) is 0.607. The maximum Gasteiger partial charge on any atom is 0.0955 e. The molecule has 0 unspecified atom stereocenters. The third kappa shape index (κ3) is 1.08. The Morgan fingerprint density at radius 2 is 2.40 bits per heavy atom. The third-order valence-corrected chi connectivity index (χ3v) is 2.90. The first-order chi connectivity index (χ1) is 5.77. The molecule has 0 saturated heterocycles. The number of rotatable bonds is 1. The van der Waals surface area contributed by atoms with Crippen LogP contribution >= 0.6 is 11.3 Å². The molecule has 0 aromatic carbocycles. The predicted molar refractivity (Wildman–Crippen MR) is 43.3 cm³/mol. The fourth-order valence-electron chi connectivity index (χ4n) is 1.52. The van der Waals surface area contributed by atoms with Crippen LogP contribution in [0.4, 0.5) is 0 Å². The van der Waals surface area contributed by atoms with Crippen LogP contribution in [0.15, 0.2) is 11.5 Å². The van der Waals surface area contributed by atoms with Crippen molar-refractivity contribution in [3.05, 3.63) is 16.5 Å². The van der Waals surface area contributed by atoms with Gasteiger partial charge in [0.05, 0.1) is 7.75 Å². The molecule has 2 rings (SSSR count). The van der Waals surface area contributed by atoms with E-state index in [2.05, 4.69) is 4.98 Å². The van der Waals surface area contributed by atoms with Crippen molar-refractivity contribution in [1.29, 1.82) is 0 Å². The summed E-state index contributed by atoms with van der Waals surface area (Å²) in [6.07, 6.45) is 5.12. The molecule has 1 fully saturated rings. The minimum absolute atomic E-state index is 0.155. The highest BCUT2D eigenvalue weighted by Crippen LogP contribution is 2.34. The number of aromatic nitrogens is 1. The minimum atomic E-state index is 0.155. The van der Waals surface area contributed by atoms with Crippen LogP contribution in [-0.4, -0.2) is 4.98 Å². The number of thiazole rings is 1. The SMILES string of the molecule is [2H]c1nc(C2CCCC2)sc1[2H]. The molecule has 0 amide bonds. The Morgan fingerprint density at radius 3 is 3.00 bits per heavy atom. The molecule has 0 bridgehead atoms. The van der Waals surface area contributed by atoms with Crippen molar-refractivity contribution in [3.63, 3.8) is 0 Å². The Kier molecular flexibility index (Phi) is 1.22. The van der Waals surface area contributed by atoms with Crippen LogP contribution in [0.2, 0.25) is 0 Å². The second kappa shape index (κ2) is 2.70. The number of nitrogens with zero attached hydrogens (tertiary/aromatic N) is 1. The Labute approximate surface area is 67.9 Å². The van der Waals surface area contributed by atoms with Crippen LogP contribution in [0.3, 0.4) is 0 Å². The first-order valence-corrected chi connectivity index (χ1v) is 4.53. The summed E-state index contributed by atoms with van der Waals surface area (Å²) < 4.78 is 14.7. The molecule has 0 atom stereocenters. The van der Waals surface area contributed by atoms with E-state index in [0.29, 0.717) is 11.3 Å². The zero-order valence-corrected chi connectivity index (χ0v) is 6.58. The van der Waals surface area contributed by atoms with Crippen molar-refractivity contribution in [2.45, 2.75) is 31.6 Å². The summed E-state index contributed by atoms with van der Waals surface area (Å²) in [6.45, 7) is 0. The normalized spacial score (nSPS) is 22.8. The van der Waals surface area contributed by atoms with Gasteiger partial charge in [-0.3, -0.25) is 0 Å². The summed E-state index contributed by atoms with van der Waals surface area (Å²) in [5.41, 5.74) is 0. The molecule has 1 nitrogen and oxygen atoms in total. The lowest BCUT2D eigenvalue weighted by molar-refractivity contribution is 0.716. The second-order valence-electron chi connectivity index (χ2n) is 2.75. The lowest BCUT2D eigenvalue weighted by Gasteiger charge is -2.01. The topological polar surface area (TPSA) is 12.9 Å². The Hall–Kier alpha value is -0.370. The van der Waals surface area contributed by atoms with Crippen molar-refractivity contribution < 1.29 is 2.74 Å². The lowest BCUT2D eigenvalue weighted by Crippen LogP contribution is -1.88. The summed E-state index contributed by atoms with van der Waals surface area (Å²) in [5.74, 6) is 0.554. The smallest absolute Gasteiger partial charge is 0.0955 e. The third-order valence-electron chi connectivity index (χ3n) is 2.07. The van der Waals surface area contributed by atoms with Gasteiger partial charge in [0.2, 0.25) is 0 Å². The van der Waals surface area contributed by atoms with Crippen molar-refractivity contribution in [3.8, 4) is 0 Å². The average molecular weight is 155 g/mol. The van der Waals surface area contributed by atoms with Crippen molar-refractivity contribution in [2.24, 2.45) is 0 Å². The van der Waals surface area contributed by atoms with Gasteiger partial charge in [-0.1, -0.05) is 12.8 Å². The maximum absolute atomic E-state index is 7.37. The highest BCUT2D eigenvalue weighted by atomic mass is 32.1. The molecule has 0 spiro atoms. The molecule has 1 heterocycles. The van der Waals surface area contributed by atoms with Crippen molar-refractivity contribution in [1.82, 2.24) is 4.98 Å². The van der Waals surface area contributed by atoms with Gasteiger partial charge in [0.25, 0.3) is 0 Å². The second-order valence-corrected chi connectivity index (χ2v) is 3.57. The lowest BCUT2D eigenvalue weighted by atomic mass is 10.1. The van der Waals surface area contributed by atoms with E-state index < -0.39 is 0 Å². The zero-order chi connectivity index (χ0) is 8.55. The summed E-state index contributed by atoms with van der Waals surface area (Å²) in [4.78, 5) is 4.09. The van der Waals surface area contributed by atoms with Gasteiger partial charge in [0, 0.05) is 17.4 Å². The highest BCUT2D eigenvalue weighted by molar-refractivity contribution is 7.09. The van der Waals surface area contributed by atoms with Gasteiger partial charge in [-0.25, -0.2) is 4.98 Å². The molecule has 1 aromatic heterocycles. The monoisotopic (exact) mass is 155 g/mol. The minimum Gasteiger partial charge on any atom is -0.249 e. The van der Waals surface area contributed by atoms with Crippen molar-refractivity contribution >= 4 is 11.3 Å². The van der Waals surface area contributed by atoms with Crippen LogP contribution in [0.5, 0.6) is 0 Å². The largest absolute Gasteiger partial charge is 0.249 e. The van der Waals surface area contributed by atoms with Crippen molar-refractivity contribution in [2.75, 3.05) is 0 Å². The Morgan fingerprint density at radius 1 is 1.60 bits per heavy atom. The molecule has 1 aliphatic rings. The molecule has 0 N–H and O–H groups in total. The molecular formula is C8H11NS.